The highest BCUT2D eigenvalue weighted by molar-refractivity contribution is 5.99. The highest BCUT2D eigenvalue weighted by Crippen LogP contribution is 2.41. The van der Waals surface area contributed by atoms with Crippen molar-refractivity contribution in [2.24, 2.45) is 0 Å². The van der Waals surface area contributed by atoms with Gasteiger partial charge in [-0.2, -0.15) is 0 Å². The number of ether oxygens (including phenoxy) is 2. The summed E-state index contributed by atoms with van der Waals surface area (Å²) in [6.45, 7) is 2.27. The minimum Gasteiger partial charge on any atom is -0.490 e. The van der Waals surface area contributed by atoms with Crippen LogP contribution in [-0.2, 0) is 11.4 Å². The molecule has 1 aliphatic heterocycles. The lowest BCUT2D eigenvalue weighted by molar-refractivity contribution is -0.121. The third kappa shape index (κ3) is 2.49. The number of anilines is 1. The fourth-order valence-corrected chi connectivity index (χ4v) is 1.95. The summed E-state index contributed by atoms with van der Waals surface area (Å²) in [5.41, 5.74) is 1.19. The topological polar surface area (TPSA) is 59.0 Å². The van der Waals surface area contributed by atoms with Crippen LogP contribution in [0.3, 0.4) is 0 Å². The Balaban J connectivity index is 2.53. The van der Waals surface area contributed by atoms with E-state index in [0.717, 1.165) is 0 Å². The molecule has 0 fully saturated rings. The minimum absolute atomic E-state index is 0.0623. The zero-order valence-electron chi connectivity index (χ0n) is 10.7. The first kappa shape index (κ1) is 13.2. The largest absolute Gasteiger partial charge is 0.490 e. The Morgan fingerprint density at radius 1 is 1.58 bits per heavy atom. The number of carbonyl (C=O) groups is 1. The molecule has 0 radical (unpaired) electrons. The molecule has 1 aromatic rings. The van der Waals surface area contributed by atoms with Crippen molar-refractivity contribution in [3.63, 3.8) is 0 Å². The quantitative estimate of drug-likeness (QED) is 0.819. The number of fused-ring (bicyclic) bond motifs is 1. The molecule has 0 spiro atoms. The third-order valence-electron chi connectivity index (χ3n) is 2.76. The van der Waals surface area contributed by atoms with Crippen LogP contribution >= 0.6 is 0 Å². The van der Waals surface area contributed by atoms with Crippen LogP contribution in [0.4, 0.5) is 5.69 Å². The van der Waals surface area contributed by atoms with Crippen LogP contribution in [0.15, 0.2) is 12.1 Å². The molecule has 0 bridgehead atoms. The smallest absolute Gasteiger partial charge is 0.265 e. The first-order valence-corrected chi connectivity index (χ1v) is 5.98. The van der Waals surface area contributed by atoms with Gasteiger partial charge in [0.25, 0.3) is 5.91 Å². The van der Waals surface area contributed by atoms with E-state index in [2.05, 4.69) is 5.92 Å². The van der Waals surface area contributed by atoms with Crippen molar-refractivity contribution in [2.75, 3.05) is 24.7 Å². The van der Waals surface area contributed by atoms with Crippen LogP contribution in [0.5, 0.6) is 11.5 Å². The number of hydrogen-bond donors (Lipinski definition) is 1. The number of nitrogens with zero attached hydrogens (tertiary/aromatic N) is 1. The van der Waals surface area contributed by atoms with Crippen molar-refractivity contribution >= 4 is 11.6 Å². The number of terminal acetylenes is 1. The predicted molar refractivity (Wildman–Crippen MR) is 70.2 cm³/mol. The first-order valence-electron chi connectivity index (χ1n) is 5.98. The third-order valence-corrected chi connectivity index (χ3v) is 2.76. The number of aliphatic hydroxyl groups excluding tert-OH is 1. The average Bonchev–Trinajstić information content (AvgIpc) is 2.42. The van der Waals surface area contributed by atoms with Gasteiger partial charge in [0.2, 0.25) is 0 Å². The van der Waals surface area contributed by atoms with Crippen molar-refractivity contribution in [3.05, 3.63) is 17.7 Å². The molecule has 100 valence electrons. The van der Waals surface area contributed by atoms with Crippen molar-refractivity contribution < 1.29 is 19.4 Å². The molecule has 5 nitrogen and oxygen atoms in total. The van der Waals surface area contributed by atoms with Crippen LogP contribution in [0.2, 0.25) is 0 Å². The van der Waals surface area contributed by atoms with Gasteiger partial charge in [0.05, 0.1) is 25.4 Å². The normalized spacial score (nSPS) is 13.5. The summed E-state index contributed by atoms with van der Waals surface area (Å²) in [6, 6.07) is 3.39. The monoisotopic (exact) mass is 261 g/mol. The Labute approximate surface area is 111 Å². The van der Waals surface area contributed by atoms with E-state index in [0.29, 0.717) is 29.4 Å². The van der Waals surface area contributed by atoms with Crippen molar-refractivity contribution in [1.29, 1.82) is 0 Å². The Morgan fingerprint density at radius 2 is 2.37 bits per heavy atom. The second kappa shape index (κ2) is 5.63. The minimum atomic E-state index is -0.206. The standard InChI is InChI=1S/C14H15NO4/c1-3-5-15-11-6-10(8-16)7-12(18-4-2)14(11)19-9-13(15)17/h1,6-7,16H,4-5,8-9H2,2H3. The SMILES string of the molecule is C#CCN1C(=O)COc2c(OCC)cc(CO)cc21. The van der Waals surface area contributed by atoms with Crippen LogP contribution in [0.1, 0.15) is 12.5 Å². The lowest BCUT2D eigenvalue weighted by Gasteiger charge is -2.29. The van der Waals surface area contributed by atoms with Crippen molar-refractivity contribution in [3.8, 4) is 23.8 Å². The van der Waals surface area contributed by atoms with E-state index in [1.54, 1.807) is 12.1 Å². The van der Waals surface area contributed by atoms with E-state index >= 15 is 0 Å². The number of carbonyl (C=O) groups excluding carboxylic acids is 1. The second-order valence-electron chi connectivity index (χ2n) is 4.01. The van der Waals surface area contributed by atoms with Gasteiger partial charge >= 0.3 is 0 Å². The summed E-state index contributed by atoms with van der Waals surface area (Å²) >= 11 is 0. The van der Waals surface area contributed by atoms with Gasteiger partial charge in [0.15, 0.2) is 18.1 Å². The molecule has 0 saturated heterocycles. The highest BCUT2D eigenvalue weighted by Gasteiger charge is 2.28. The Morgan fingerprint density at radius 3 is 3.00 bits per heavy atom. The van der Waals surface area contributed by atoms with Gasteiger partial charge in [0, 0.05) is 0 Å². The summed E-state index contributed by atoms with van der Waals surface area (Å²) in [7, 11) is 0. The highest BCUT2D eigenvalue weighted by atomic mass is 16.5. The molecule has 0 aliphatic carbocycles. The van der Waals surface area contributed by atoms with E-state index in [9.17, 15) is 9.90 Å². The van der Waals surface area contributed by atoms with Gasteiger partial charge in [-0.15, -0.1) is 6.42 Å². The molecule has 0 atom stereocenters. The fourth-order valence-electron chi connectivity index (χ4n) is 1.95. The molecule has 0 aromatic heterocycles. The summed E-state index contributed by atoms with van der Waals surface area (Å²) in [5.74, 6) is 3.25. The van der Waals surface area contributed by atoms with E-state index in [4.69, 9.17) is 15.9 Å². The summed E-state index contributed by atoms with van der Waals surface area (Å²) in [5, 5.41) is 9.27. The lowest BCUT2D eigenvalue weighted by Crippen LogP contribution is -2.39. The van der Waals surface area contributed by atoms with Gasteiger partial charge in [-0.05, 0) is 24.6 Å². The predicted octanol–water partition coefficient (Wildman–Crippen LogP) is 0.936. The van der Waals surface area contributed by atoms with Crippen molar-refractivity contribution in [2.45, 2.75) is 13.5 Å². The molecule has 2 rings (SSSR count). The molecule has 19 heavy (non-hydrogen) atoms. The number of aliphatic hydroxyl groups is 1. The number of rotatable bonds is 4. The van der Waals surface area contributed by atoms with Gasteiger partial charge in [-0.3, -0.25) is 9.69 Å². The molecule has 0 unspecified atom stereocenters. The summed E-state index contributed by atoms with van der Waals surface area (Å²) < 4.78 is 10.9. The van der Waals surface area contributed by atoms with E-state index in [1.807, 2.05) is 6.92 Å². The van der Waals surface area contributed by atoms with Gasteiger partial charge in [-0.1, -0.05) is 5.92 Å². The van der Waals surface area contributed by atoms with Crippen molar-refractivity contribution in [1.82, 2.24) is 0 Å². The van der Waals surface area contributed by atoms with Crippen LogP contribution < -0.4 is 14.4 Å². The van der Waals surface area contributed by atoms with Crippen LogP contribution in [0, 0.1) is 12.3 Å². The summed E-state index contributed by atoms with van der Waals surface area (Å²) in [6.07, 6.45) is 5.28. The number of hydrogen-bond acceptors (Lipinski definition) is 4. The maximum absolute atomic E-state index is 11.8. The van der Waals surface area contributed by atoms with E-state index in [1.165, 1.54) is 4.90 Å². The van der Waals surface area contributed by atoms with Gasteiger partial charge < -0.3 is 14.6 Å². The number of amides is 1. The summed E-state index contributed by atoms with van der Waals surface area (Å²) in [4.78, 5) is 13.3. The molecule has 1 aromatic carbocycles. The van der Waals surface area contributed by atoms with Crippen LogP contribution in [-0.4, -0.2) is 30.8 Å². The Kier molecular flexibility index (Phi) is 3.93. The zero-order chi connectivity index (χ0) is 13.8. The molecule has 1 heterocycles. The van der Waals surface area contributed by atoms with E-state index in [-0.39, 0.29) is 25.7 Å². The molecule has 1 aliphatic rings. The molecular weight excluding hydrogens is 246 g/mol. The van der Waals surface area contributed by atoms with Gasteiger partial charge in [-0.25, -0.2) is 0 Å². The van der Waals surface area contributed by atoms with E-state index < -0.39 is 0 Å². The fraction of sp³-hybridized carbons (Fsp3) is 0.357. The van der Waals surface area contributed by atoms with Crippen LogP contribution in [0.25, 0.3) is 0 Å². The molecule has 0 saturated carbocycles. The Hall–Kier alpha value is -2.19. The Bertz CT molecular complexity index is 533. The molecule has 1 N–H and O–H groups in total. The van der Waals surface area contributed by atoms with Gasteiger partial charge in [0.1, 0.15) is 0 Å². The maximum atomic E-state index is 11.8. The lowest BCUT2D eigenvalue weighted by atomic mass is 10.1. The number of benzene rings is 1. The first-order chi connectivity index (χ1) is 9.21. The average molecular weight is 261 g/mol. The second-order valence-corrected chi connectivity index (χ2v) is 4.01. The molecule has 1 amide bonds. The molecular formula is C14H15NO4. The maximum Gasteiger partial charge on any atom is 0.265 e. The zero-order valence-corrected chi connectivity index (χ0v) is 10.7. The molecule has 5 heteroatoms.